The van der Waals surface area contributed by atoms with Crippen molar-refractivity contribution in [2.45, 2.75) is 12.8 Å². The minimum Gasteiger partial charge on any atom is -0.469 e. The van der Waals surface area contributed by atoms with E-state index in [4.69, 9.17) is 4.42 Å². The molecule has 0 aromatic carbocycles. The number of carbonyl (C=O) groups excluding carboxylic acids is 1. The number of carbonyl (C=O) groups is 1. The van der Waals surface area contributed by atoms with Crippen molar-refractivity contribution in [3.05, 3.63) is 58.5 Å². The van der Waals surface area contributed by atoms with E-state index in [0.717, 1.165) is 40.7 Å². The highest BCUT2D eigenvalue weighted by Gasteiger charge is 2.13. The molecule has 0 bridgehead atoms. The van der Waals surface area contributed by atoms with Gasteiger partial charge in [0.1, 0.15) is 17.3 Å². The quantitative estimate of drug-likeness (QED) is 0.693. The first-order chi connectivity index (χ1) is 9.29. The van der Waals surface area contributed by atoms with Gasteiger partial charge in [-0.25, -0.2) is 4.98 Å². The Balaban J connectivity index is 1.99. The minimum atomic E-state index is 0.460. The van der Waals surface area contributed by atoms with Gasteiger partial charge in [0.25, 0.3) is 0 Å². The molecular weight excluding hydrogens is 308 g/mol. The van der Waals surface area contributed by atoms with Crippen LogP contribution < -0.4 is 0 Å². The summed E-state index contributed by atoms with van der Waals surface area (Å²) in [6.45, 7) is 0. The van der Waals surface area contributed by atoms with Gasteiger partial charge in [0.2, 0.25) is 0 Å². The monoisotopic (exact) mass is 318 g/mol. The van der Waals surface area contributed by atoms with Crippen LogP contribution >= 0.6 is 15.9 Å². The number of pyridine rings is 1. The van der Waals surface area contributed by atoms with Gasteiger partial charge in [-0.1, -0.05) is 0 Å². The van der Waals surface area contributed by atoms with Gasteiger partial charge in [0.15, 0.2) is 6.29 Å². The van der Waals surface area contributed by atoms with Gasteiger partial charge in [-0.3, -0.25) is 4.79 Å². The summed E-state index contributed by atoms with van der Waals surface area (Å²) in [6.07, 6.45) is 5.84. The van der Waals surface area contributed by atoms with Gasteiger partial charge in [0, 0.05) is 23.5 Å². The summed E-state index contributed by atoms with van der Waals surface area (Å²) >= 11 is 3.45. The van der Waals surface area contributed by atoms with Crippen molar-refractivity contribution in [1.29, 1.82) is 0 Å². The third-order valence-corrected chi connectivity index (χ3v) is 3.64. The van der Waals surface area contributed by atoms with Crippen LogP contribution in [0.2, 0.25) is 0 Å². The molecule has 19 heavy (non-hydrogen) atoms. The number of imidazole rings is 1. The number of fused-ring (bicyclic) bond motifs is 1. The van der Waals surface area contributed by atoms with Crippen LogP contribution in [0.25, 0.3) is 5.52 Å². The van der Waals surface area contributed by atoms with Gasteiger partial charge in [-0.15, -0.1) is 0 Å². The molecule has 0 fully saturated rings. The average molecular weight is 319 g/mol. The number of aldehydes is 1. The lowest BCUT2D eigenvalue weighted by Gasteiger charge is -2.01. The Kier molecular flexibility index (Phi) is 3.21. The van der Waals surface area contributed by atoms with E-state index in [1.54, 1.807) is 6.26 Å². The predicted octanol–water partition coefficient (Wildman–Crippen LogP) is 3.29. The predicted molar refractivity (Wildman–Crippen MR) is 74.4 cm³/mol. The van der Waals surface area contributed by atoms with Crippen LogP contribution in [0.4, 0.5) is 0 Å². The molecule has 96 valence electrons. The second-order valence-corrected chi connectivity index (χ2v) is 5.04. The van der Waals surface area contributed by atoms with Gasteiger partial charge < -0.3 is 8.82 Å². The molecular formula is C14H11BrN2O2. The number of hydrogen-bond donors (Lipinski definition) is 0. The fourth-order valence-corrected chi connectivity index (χ4v) is 2.68. The van der Waals surface area contributed by atoms with E-state index in [1.807, 2.05) is 34.9 Å². The molecule has 0 aliphatic carbocycles. The summed E-state index contributed by atoms with van der Waals surface area (Å²) in [6, 6.07) is 7.63. The highest BCUT2D eigenvalue weighted by molar-refractivity contribution is 9.10. The van der Waals surface area contributed by atoms with Crippen molar-refractivity contribution in [3.63, 3.8) is 0 Å². The van der Waals surface area contributed by atoms with Crippen LogP contribution in [-0.4, -0.2) is 15.7 Å². The molecule has 0 unspecified atom stereocenters. The minimum absolute atomic E-state index is 0.460. The first kappa shape index (κ1) is 12.2. The number of rotatable bonds is 4. The van der Waals surface area contributed by atoms with Crippen molar-refractivity contribution < 1.29 is 9.21 Å². The first-order valence-electron chi connectivity index (χ1n) is 5.92. The van der Waals surface area contributed by atoms with Crippen LogP contribution in [0.15, 0.2) is 45.6 Å². The Bertz CT molecular complexity index is 716. The molecule has 3 aromatic heterocycles. The van der Waals surface area contributed by atoms with Crippen LogP contribution in [-0.2, 0) is 12.8 Å². The smallest absolute Gasteiger partial charge is 0.170 e. The van der Waals surface area contributed by atoms with Crippen molar-refractivity contribution in [2.24, 2.45) is 0 Å². The Labute approximate surface area is 118 Å². The maximum Gasteiger partial charge on any atom is 0.170 e. The molecule has 5 heteroatoms. The molecule has 0 amide bonds. The lowest BCUT2D eigenvalue weighted by atomic mass is 10.2. The van der Waals surface area contributed by atoms with Crippen molar-refractivity contribution in [1.82, 2.24) is 9.38 Å². The zero-order valence-electron chi connectivity index (χ0n) is 10.0. The average Bonchev–Trinajstić information content (AvgIpc) is 3.04. The molecule has 0 N–H and O–H groups in total. The normalized spacial score (nSPS) is 11.0. The summed E-state index contributed by atoms with van der Waals surface area (Å²) in [4.78, 5) is 15.5. The highest BCUT2D eigenvalue weighted by Crippen LogP contribution is 2.22. The van der Waals surface area contributed by atoms with Crippen molar-refractivity contribution in [3.8, 4) is 0 Å². The molecule has 0 aliphatic rings. The SMILES string of the molecule is O=Cc1nc(CCc2ccco2)n2cccc(Br)c12. The topological polar surface area (TPSA) is 47.5 Å². The number of hydrogen-bond acceptors (Lipinski definition) is 3. The second kappa shape index (κ2) is 5.01. The highest BCUT2D eigenvalue weighted by atomic mass is 79.9. The Morgan fingerprint density at radius 3 is 2.95 bits per heavy atom. The molecule has 4 nitrogen and oxygen atoms in total. The standard InChI is InChI=1S/C14H11BrN2O2/c15-11-4-1-7-17-13(16-12(9-18)14(11)17)6-5-10-3-2-8-19-10/h1-4,7-9H,5-6H2. The summed E-state index contributed by atoms with van der Waals surface area (Å²) in [5, 5.41) is 0. The maximum absolute atomic E-state index is 11.1. The summed E-state index contributed by atoms with van der Waals surface area (Å²) in [7, 11) is 0. The van der Waals surface area contributed by atoms with E-state index >= 15 is 0 Å². The molecule has 0 aliphatic heterocycles. The van der Waals surface area contributed by atoms with Crippen LogP contribution in [0.5, 0.6) is 0 Å². The molecule has 3 rings (SSSR count). The van der Waals surface area contributed by atoms with Gasteiger partial charge in [-0.2, -0.15) is 0 Å². The molecule has 0 spiro atoms. The van der Waals surface area contributed by atoms with E-state index in [9.17, 15) is 4.79 Å². The largest absolute Gasteiger partial charge is 0.469 e. The van der Waals surface area contributed by atoms with Crippen molar-refractivity contribution in [2.75, 3.05) is 0 Å². The zero-order chi connectivity index (χ0) is 13.2. The fourth-order valence-electron chi connectivity index (χ4n) is 2.14. The molecule has 3 heterocycles. The Hall–Kier alpha value is -1.88. The Morgan fingerprint density at radius 1 is 1.32 bits per heavy atom. The van der Waals surface area contributed by atoms with Gasteiger partial charge in [-0.05, 0) is 40.2 Å². The zero-order valence-corrected chi connectivity index (χ0v) is 11.6. The number of aryl methyl sites for hydroxylation is 2. The first-order valence-corrected chi connectivity index (χ1v) is 6.72. The molecule has 3 aromatic rings. The van der Waals surface area contributed by atoms with Crippen molar-refractivity contribution >= 4 is 27.7 Å². The van der Waals surface area contributed by atoms with E-state index in [-0.39, 0.29) is 0 Å². The van der Waals surface area contributed by atoms with Crippen LogP contribution in [0.3, 0.4) is 0 Å². The van der Waals surface area contributed by atoms with Crippen LogP contribution in [0.1, 0.15) is 22.1 Å². The molecule has 0 saturated heterocycles. The number of nitrogens with zero attached hydrogens (tertiary/aromatic N) is 2. The number of halogens is 1. The summed E-state index contributed by atoms with van der Waals surface area (Å²) < 4.78 is 8.12. The maximum atomic E-state index is 11.1. The van der Waals surface area contributed by atoms with E-state index in [0.29, 0.717) is 5.69 Å². The number of furan rings is 1. The van der Waals surface area contributed by atoms with Gasteiger partial charge in [0.05, 0.1) is 11.8 Å². The van der Waals surface area contributed by atoms with E-state index < -0.39 is 0 Å². The van der Waals surface area contributed by atoms with Gasteiger partial charge >= 0.3 is 0 Å². The van der Waals surface area contributed by atoms with Crippen LogP contribution in [0, 0.1) is 0 Å². The second-order valence-electron chi connectivity index (χ2n) is 4.19. The molecule has 0 atom stereocenters. The summed E-state index contributed by atoms with van der Waals surface area (Å²) in [5.41, 5.74) is 1.27. The Morgan fingerprint density at radius 2 is 2.21 bits per heavy atom. The third kappa shape index (κ3) is 2.21. The molecule has 0 saturated carbocycles. The lowest BCUT2D eigenvalue weighted by molar-refractivity contribution is 0.112. The molecule has 0 radical (unpaired) electrons. The third-order valence-electron chi connectivity index (χ3n) is 3.00. The fraction of sp³-hybridized carbons (Fsp3) is 0.143. The summed E-state index contributed by atoms with van der Waals surface area (Å²) in [5.74, 6) is 1.77. The van der Waals surface area contributed by atoms with E-state index in [1.165, 1.54) is 0 Å². The lowest BCUT2D eigenvalue weighted by Crippen LogP contribution is -1.97. The number of aromatic nitrogens is 2. The van der Waals surface area contributed by atoms with E-state index in [2.05, 4.69) is 20.9 Å².